The zero-order valence-electron chi connectivity index (χ0n) is 10.7. The van der Waals surface area contributed by atoms with Crippen LogP contribution in [-0.4, -0.2) is 32.2 Å². The largest absolute Gasteiger partial charge is 0.356 e. The highest BCUT2D eigenvalue weighted by Crippen LogP contribution is 2.28. The molecular formula is C11H23N3O3S. The van der Waals surface area contributed by atoms with Crippen LogP contribution in [0.5, 0.6) is 0 Å². The third-order valence-electron chi connectivity index (χ3n) is 3.29. The molecule has 1 aliphatic rings. The lowest BCUT2D eigenvalue weighted by Crippen LogP contribution is -2.46. The first-order valence-corrected chi connectivity index (χ1v) is 8.08. The maximum absolute atomic E-state index is 11.7. The van der Waals surface area contributed by atoms with E-state index in [0.717, 1.165) is 25.7 Å². The van der Waals surface area contributed by atoms with Crippen molar-refractivity contribution in [3.63, 3.8) is 0 Å². The lowest BCUT2D eigenvalue weighted by molar-refractivity contribution is -0.122. The summed E-state index contributed by atoms with van der Waals surface area (Å²) in [4.78, 5) is 11.7. The molecule has 0 aromatic carbocycles. The van der Waals surface area contributed by atoms with E-state index in [1.807, 2.05) is 0 Å². The molecule has 0 aromatic rings. The van der Waals surface area contributed by atoms with Gasteiger partial charge in [0.05, 0.1) is 5.75 Å². The lowest BCUT2D eigenvalue weighted by Gasteiger charge is -2.32. The standard InChI is InChI=1S/C11H23N3O3S/c12-11(5-2-1-3-6-11)9-10(15)14-7-4-8-18(13,16)17/h1-9,12H2,(H,14,15)(H2,13,16,17). The Bertz CT molecular complexity index is 375. The van der Waals surface area contributed by atoms with Gasteiger partial charge in [0.25, 0.3) is 0 Å². The Kier molecular flexibility index (Phi) is 5.55. The number of primary sulfonamides is 1. The molecule has 7 heteroatoms. The summed E-state index contributed by atoms with van der Waals surface area (Å²) < 4.78 is 21.4. The fraction of sp³-hybridized carbons (Fsp3) is 0.909. The Morgan fingerprint density at radius 3 is 2.39 bits per heavy atom. The van der Waals surface area contributed by atoms with E-state index in [1.54, 1.807) is 0 Å². The van der Waals surface area contributed by atoms with Crippen LogP contribution >= 0.6 is 0 Å². The molecule has 1 fully saturated rings. The van der Waals surface area contributed by atoms with Crippen LogP contribution in [-0.2, 0) is 14.8 Å². The van der Waals surface area contributed by atoms with E-state index in [0.29, 0.717) is 19.4 Å². The number of carbonyl (C=O) groups excluding carboxylic acids is 1. The van der Waals surface area contributed by atoms with Crippen LogP contribution in [0.3, 0.4) is 0 Å². The summed E-state index contributed by atoms with van der Waals surface area (Å²) in [6.45, 7) is 0.325. The Morgan fingerprint density at radius 1 is 1.22 bits per heavy atom. The molecule has 106 valence electrons. The van der Waals surface area contributed by atoms with Gasteiger partial charge in [-0.1, -0.05) is 19.3 Å². The molecule has 0 saturated heterocycles. The average Bonchev–Trinajstić information content (AvgIpc) is 2.23. The van der Waals surface area contributed by atoms with E-state index >= 15 is 0 Å². The first kappa shape index (κ1) is 15.4. The van der Waals surface area contributed by atoms with Gasteiger partial charge in [0.2, 0.25) is 15.9 Å². The molecular weight excluding hydrogens is 254 g/mol. The number of carbonyl (C=O) groups is 1. The molecule has 0 aromatic heterocycles. The summed E-state index contributed by atoms with van der Waals surface area (Å²) in [5, 5.41) is 7.55. The van der Waals surface area contributed by atoms with Gasteiger partial charge in [-0.15, -0.1) is 0 Å². The molecule has 0 aliphatic heterocycles. The van der Waals surface area contributed by atoms with Crippen LogP contribution < -0.4 is 16.2 Å². The minimum atomic E-state index is -3.44. The van der Waals surface area contributed by atoms with Gasteiger partial charge in [-0.3, -0.25) is 4.79 Å². The summed E-state index contributed by atoms with van der Waals surface area (Å²) in [6.07, 6.45) is 5.78. The van der Waals surface area contributed by atoms with Crippen molar-refractivity contribution in [3.8, 4) is 0 Å². The number of hydrogen-bond donors (Lipinski definition) is 3. The van der Waals surface area contributed by atoms with Crippen molar-refractivity contribution >= 4 is 15.9 Å². The van der Waals surface area contributed by atoms with E-state index < -0.39 is 10.0 Å². The van der Waals surface area contributed by atoms with Gasteiger partial charge in [0.1, 0.15) is 0 Å². The number of amides is 1. The Morgan fingerprint density at radius 2 is 1.83 bits per heavy atom. The van der Waals surface area contributed by atoms with Crippen LogP contribution in [0.15, 0.2) is 0 Å². The summed E-state index contributed by atoms with van der Waals surface area (Å²) in [7, 11) is -3.44. The first-order valence-electron chi connectivity index (χ1n) is 6.37. The second kappa shape index (κ2) is 6.49. The van der Waals surface area contributed by atoms with Crippen molar-refractivity contribution in [2.24, 2.45) is 10.9 Å². The summed E-state index contributed by atoms with van der Waals surface area (Å²) in [6, 6.07) is 0. The van der Waals surface area contributed by atoms with E-state index in [2.05, 4.69) is 5.32 Å². The van der Waals surface area contributed by atoms with Crippen LogP contribution in [0, 0.1) is 0 Å². The first-order chi connectivity index (χ1) is 8.31. The zero-order valence-corrected chi connectivity index (χ0v) is 11.5. The monoisotopic (exact) mass is 277 g/mol. The Balaban J connectivity index is 2.21. The highest BCUT2D eigenvalue weighted by atomic mass is 32.2. The van der Waals surface area contributed by atoms with Gasteiger partial charge < -0.3 is 11.1 Å². The quantitative estimate of drug-likeness (QED) is 0.585. The molecule has 18 heavy (non-hydrogen) atoms. The van der Waals surface area contributed by atoms with Crippen LogP contribution in [0.1, 0.15) is 44.9 Å². The predicted octanol–water partition coefficient (Wildman–Crippen LogP) is -0.167. The van der Waals surface area contributed by atoms with Gasteiger partial charge in [-0.2, -0.15) is 0 Å². The van der Waals surface area contributed by atoms with Gasteiger partial charge in [0.15, 0.2) is 0 Å². The van der Waals surface area contributed by atoms with Crippen LogP contribution in [0.4, 0.5) is 0 Å². The maximum atomic E-state index is 11.7. The molecule has 0 unspecified atom stereocenters. The van der Waals surface area contributed by atoms with Gasteiger partial charge >= 0.3 is 0 Å². The lowest BCUT2D eigenvalue weighted by atomic mass is 9.80. The van der Waals surface area contributed by atoms with Crippen molar-refractivity contribution in [1.29, 1.82) is 0 Å². The second-order valence-corrected chi connectivity index (χ2v) is 6.90. The molecule has 0 atom stereocenters. The third kappa shape index (κ3) is 6.32. The Hall–Kier alpha value is -0.660. The molecule has 6 nitrogen and oxygen atoms in total. The average molecular weight is 277 g/mol. The molecule has 0 bridgehead atoms. The number of nitrogens with two attached hydrogens (primary N) is 2. The van der Waals surface area contributed by atoms with Gasteiger partial charge in [-0.25, -0.2) is 13.6 Å². The molecule has 1 amide bonds. The van der Waals surface area contributed by atoms with E-state index in [1.165, 1.54) is 6.42 Å². The summed E-state index contributed by atoms with van der Waals surface area (Å²) in [5.41, 5.74) is 5.78. The van der Waals surface area contributed by atoms with Crippen molar-refractivity contribution < 1.29 is 13.2 Å². The van der Waals surface area contributed by atoms with Crippen molar-refractivity contribution in [2.45, 2.75) is 50.5 Å². The minimum Gasteiger partial charge on any atom is -0.356 e. The highest BCUT2D eigenvalue weighted by Gasteiger charge is 2.29. The summed E-state index contributed by atoms with van der Waals surface area (Å²) >= 11 is 0. The predicted molar refractivity (Wildman–Crippen MR) is 70.2 cm³/mol. The SMILES string of the molecule is NC1(CC(=O)NCCCS(N)(=O)=O)CCCCC1. The molecule has 0 heterocycles. The number of nitrogens with one attached hydrogen (secondary N) is 1. The molecule has 0 radical (unpaired) electrons. The fourth-order valence-electron chi connectivity index (χ4n) is 2.32. The Labute approximate surface area is 109 Å². The zero-order chi connectivity index (χ0) is 13.6. The maximum Gasteiger partial charge on any atom is 0.221 e. The molecule has 1 saturated carbocycles. The van der Waals surface area contributed by atoms with Crippen molar-refractivity contribution in [2.75, 3.05) is 12.3 Å². The molecule has 0 spiro atoms. The van der Waals surface area contributed by atoms with Crippen molar-refractivity contribution in [3.05, 3.63) is 0 Å². The molecule has 1 rings (SSSR count). The molecule has 1 aliphatic carbocycles. The topological polar surface area (TPSA) is 115 Å². The van der Waals surface area contributed by atoms with Gasteiger partial charge in [0, 0.05) is 18.5 Å². The van der Waals surface area contributed by atoms with E-state index in [4.69, 9.17) is 10.9 Å². The smallest absolute Gasteiger partial charge is 0.221 e. The molecule has 5 N–H and O–H groups in total. The van der Waals surface area contributed by atoms with Crippen molar-refractivity contribution in [1.82, 2.24) is 5.32 Å². The van der Waals surface area contributed by atoms with E-state index in [9.17, 15) is 13.2 Å². The third-order valence-corrected chi connectivity index (χ3v) is 4.15. The second-order valence-electron chi connectivity index (χ2n) is 5.17. The number of sulfonamides is 1. The summed E-state index contributed by atoms with van der Waals surface area (Å²) in [5.74, 6) is -0.213. The highest BCUT2D eigenvalue weighted by molar-refractivity contribution is 7.89. The number of rotatable bonds is 6. The normalized spacial score (nSPS) is 19.4. The van der Waals surface area contributed by atoms with E-state index in [-0.39, 0.29) is 17.2 Å². The fourth-order valence-corrected chi connectivity index (χ4v) is 2.86. The van der Waals surface area contributed by atoms with Gasteiger partial charge in [-0.05, 0) is 19.3 Å². The van der Waals surface area contributed by atoms with Crippen LogP contribution in [0.25, 0.3) is 0 Å². The van der Waals surface area contributed by atoms with Crippen LogP contribution in [0.2, 0.25) is 0 Å². The number of hydrogen-bond acceptors (Lipinski definition) is 4. The minimum absolute atomic E-state index is 0.103.